The Kier molecular flexibility index (Phi) is 4.53. The average Bonchev–Trinajstić information content (AvgIpc) is 2.59. The molecule has 0 saturated carbocycles. The number of rotatable bonds is 4. The Hall–Kier alpha value is -2.74. The molecule has 8 heteroatoms. The molecule has 1 aliphatic rings. The summed E-state index contributed by atoms with van der Waals surface area (Å²) in [4.78, 5) is 13.4. The molecule has 26 heavy (non-hydrogen) atoms. The van der Waals surface area contributed by atoms with Gasteiger partial charge in [-0.3, -0.25) is 9.52 Å². The average molecular weight is 376 g/mol. The molecule has 2 aromatic rings. The molecule has 7 nitrogen and oxygen atoms in total. The van der Waals surface area contributed by atoms with Crippen molar-refractivity contribution in [2.24, 2.45) is 0 Å². The van der Waals surface area contributed by atoms with E-state index < -0.39 is 10.0 Å². The highest BCUT2D eigenvalue weighted by atomic mass is 32.2. The summed E-state index contributed by atoms with van der Waals surface area (Å²) < 4.78 is 39.1. The number of fused-ring (bicyclic) bond motifs is 1. The lowest BCUT2D eigenvalue weighted by molar-refractivity contribution is -0.120. The number of hydrogen-bond acceptors (Lipinski definition) is 5. The van der Waals surface area contributed by atoms with Crippen LogP contribution in [0.2, 0.25) is 0 Å². The number of methoxy groups -OCH3 is 1. The molecular weight excluding hydrogens is 356 g/mol. The van der Waals surface area contributed by atoms with Gasteiger partial charge in [0.05, 0.1) is 23.4 Å². The monoisotopic (exact) mass is 376 g/mol. The molecule has 0 radical (unpaired) electrons. The van der Waals surface area contributed by atoms with Crippen LogP contribution in [0.4, 0.5) is 11.4 Å². The molecule has 2 aromatic carbocycles. The predicted molar refractivity (Wildman–Crippen MR) is 98.6 cm³/mol. The number of sulfonamides is 1. The molecule has 1 amide bonds. The van der Waals surface area contributed by atoms with Crippen LogP contribution in [0.5, 0.6) is 11.5 Å². The lowest BCUT2D eigenvalue weighted by atomic mass is 10.1. The summed E-state index contributed by atoms with van der Waals surface area (Å²) in [5.41, 5.74) is 2.09. The first-order valence-electron chi connectivity index (χ1n) is 7.95. The number of likely N-dealkylation sites (N-methyl/N-ethyl adjacent to an activating group) is 1. The lowest BCUT2D eigenvalue weighted by Crippen LogP contribution is -2.35. The molecular formula is C18H20N2O5S. The van der Waals surface area contributed by atoms with Crippen LogP contribution < -0.4 is 19.1 Å². The van der Waals surface area contributed by atoms with Gasteiger partial charge in [0.1, 0.15) is 5.75 Å². The van der Waals surface area contributed by atoms with Crippen molar-refractivity contribution in [2.75, 3.05) is 30.4 Å². The van der Waals surface area contributed by atoms with Crippen LogP contribution in [0.1, 0.15) is 11.1 Å². The fourth-order valence-corrected chi connectivity index (χ4v) is 4.23. The Bertz CT molecular complexity index is 985. The van der Waals surface area contributed by atoms with Gasteiger partial charge >= 0.3 is 0 Å². The summed E-state index contributed by atoms with van der Waals surface area (Å²) in [6.07, 6.45) is 0. The van der Waals surface area contributed by atoms with Crippen LogP contribution in [-0.4, -0.2) is 35.1 Å². The van der Waals surface area contributed by atoms with Gasteiger partial charge in [0.15, 0.2) is 12.4 Å². The zero-order valence-electron chi connectivity index (χ0n) is 15.0. The van der Waals surface area contributed by atoms with Crippen molar-refractivity contribution in [3.05, 3.63) is 41.5 Å². The van der Waals surface area contributed by atoms with Crippen LogP contribution in [0, 0.1) is 13.8 Å². The fourth-order valence-electron chi connectivity index (χ4n) is 2.86. The van der Waals surface area contributed by atoms with E-state index in [0.717, 1.165) is 5.56 Å². The number of amides is 1. The maximum Gasteiger partial charge on any atom is 0.264 e. The van der Waals surface area contributed by atoms with Gasteiger partial charge in [-0.05, 0) is 49.2 Å². The van der Waals surface area contributed by atoms with Crippen molar-refractivity contribution in [1.29, 1.82) is 0 Å². The number of benzene rings is 2. The van der Waals surface area contributed by atoms with E-state index in [9.17, 15) is 13.2 Å². The highest BCUT2D eigenvalue weighted by molar-refractivity contribution is 7.92. The number of anilines is 2. The Balaban J connectivity index is 2.02. The van der Waals surface area contributed by atoms with E-state index >= 15 is 0 Å². The van der Waals surface area contributed by atoms with Gasteiger partial charge in [-0.2, -0.15) is 0 Å². The summed E-state index contributed by atoms with van der Waals surface area (Å²) >= 11 is 0. The van der Waals surface area contributed by atoms with Gasteiger partial charge in [0, 0.05) is 7.05 Å². The molecule has 0 fully saturated rings. The third kappa shape index (κ3) is 3.08. The van der Waals surface area contributed by atoms with Crippen molar-refractivity contribution in [1.82, 2.24) is 0 Å². The second-order valence-electron chi connectivity index (χ2n) is 6.09. The molecule has 0 atom stereocenters. The minimum atomic E-state index is -3.84. The van der Waals surface area contributed by atoms with Crippen molar-refractivity contribution >= 4 is 27.3 Å². The van der Waals surface area contributed by atoms with E-state index in [0.29, 0.717) is 22.7 Å². The third-order valence-corrected chi connectivity index (χ3v) is 5.80. The van der Waals surface area contributed by atoms with Crippen LogP contribution >= 0.6 is 0 Å². The minimum Gasteiger partial charge on any atom is -0.496 e. The standard InChI is InChI=1S/C18H20N2O5S/c1-11-9-16(12(2)8-15(11)24-4)26(22,23)19-13-6-5-7-14-18(13)25-10-17(21)20(14)3/h5-9,19H,10H2,1-4H3. The van der Waals surface area contributed by atoms with E-state index in [2.05, 4.69) is 4.72 Å². The van der Waals surface area contributed by atoms with E-state index in [-0.39, 0.29) is 23.1 Å². The highest BCUT2D eigenvalue weighted by Gasteiger charge is 2.27. The second-order valence-corrected chi connectivity index (χ2v) is 7.74. The van der Waals surface area contributed by atoms with Crippen LogP contribution in [-0.2, 0) is 14.8 Å². The van der Waals surface area contributed by atoms with Crippen molar-refractivity contribution in [2.45, 2.75) is 18.7 Å². The highest BCUT2D eigenvalue weighted by Crippen LogP contribution is 2.39. The summed E-state index contributed by atoms with van der Waals surface area (Å²) in [7, 11) is -0.680. The normalized spacial score (nSPS) is 13.8. The Morgan fingerprint density at radius 2 is 1.92 bits per heavy atom. The lowest BCUT2D eigenvalue weighted by Gasteiger charge is -2.27. The summed E-state index contributed by atoms with van der Waals surface area (Å²) in [6.45, 7) is 3.36. The summed E-state index contributed by atoms with van der Waals surface area (Å²) in [5, 5.41) is 0. The quantitative estimate of drug-likeness (QED) is 0.886. The van der Waals surface area contributed by atoms with Crippen molar-refractivity contribution in [3.63, 3.8) is 0 Å². The van der Waals surface area contributed by atoms with Gasteiger partial charge in [-0.15, -0.1) is 0 Å². The molecule has 0 bridgehead atoms. The SMILES string of the molecule is COc1cc(C)c(S(=O)(=O)Nc2cccc3c2OCC(=O)N3C)cc1C. The molecule has 1 heterocycles. The number of hydrogen-bond donors (Lipinski definition) is 1. The van der Waals surface area contributed by atoms with E-state index in [1.54, 1.807) is 58.3 Å². The Morgan fingerprint density at radius 3 is 2.62 bits per heavy atom. The minimum absolute atomic E-state index is 0.136. The molecule has 3 rings (SSSR count). The number of carbonyl (C=O) groups excluding carboxylic acids is 1. The first-order chi connectivity index (χ1) is 12.2. The van der Waals surface area contributed by atoms with E-state index in [1.807, 2.05) is 0 Å². The number of para-hydroxylation sites is 1. The Morgan fingerprint density at radius 1 is 1.19 bits per heavy atom. The van der Waals surface area contributed by atoms with E-state index in [1.165, 1.54) is 4.90 Å². The van der Waals surface area contributed by atoms with Gasteiger partial charge in [-0.25, -0.2) is 8.42 Å². The third-order valence-electron chi connectivity index (χ3n) is 4.30. The van der Waals surface area contributed by atoms with Crippen molar-refractivity contribution < 1.29 is 22.7 Å². The molecule has 0 unspecified atom stereocenters. The molecule has 1 N–H and O–H groups in total. The zero-order chi connectivity index (χ0) is 19.1. The first-order valence-corrected chi connectivity index (χ1v) is 9.43. The summed E-state index contributed by atoms with van der Waals surface area (Å²) in [5.74, 6) is 0.766. The van der Waals surface area contributed by atoms with E-state index in [4.69, 9.17) is 9.47 Å². The first kappa shape index (κ1) is 18.1. The zero-order valence-corrected chi connectivity index (χ0v) is 15.8. The molecule has 138 valence electrons. The smallest absolute Gasteiger partial charge is 0.264 e. The van der Waals surface area contributed by atoms with Gasteiger partial charge in [0.2, 0.25) is 0 Å². The van der Waals surface area contributed by atoms with Crippen LogP contribution in [0.3, 0.4) is 0 Å². The van der Waals surface area contributed by atoms with Crippen LogP contribution in [0.15, 0.2) is 35.2 Å². The second kappa shape index (κ2) is 6.53. The molecule has 0 saturated heterocycles. The fraction of sp³-hybridized carbons (Fsp3) is 0.278. The molecule has 0 aromatic heterocycles. The maximum absolute atomic E-state index is 12.9. The molecule has 0 spiro atoms. The Labute approximate surface area is 152 Å². The number of ether oxygens (including phenoxy) is 2. The van der Waals surface area contributed by atoms with Gasteiger partial charge in [0.25, 0.3) is 15.9 Å². The predicted octanol–water partition coefficient (Wildman–Crippen LogP) is 2.47. The number of nitrogens with zero attached hydrogens (tertiary/aromatic N) is 1. The number of nitrogens with one attached hydrogen (secondary N) is 1. The topological polar surface area (TPSA) is 84.9 Å². The maximum atomic E-state index is 12.9. The van der Waals surface area contributed by atoms with Crippen LogP contribution in [0.25, 0.3) is 0 Å². The van der Waals surface area contributed by atoms with Crippen molar-refractivity contribution in [3.8, 4) is 11.5 Å². The number of carbonyl (C=O) groups is 1. The molecule has 0 aliphatic carbocycles. The van der Waals surface area contributed by atoms with Gasteiger partial charge in [-0.1, -0.05) is 6.07 Å². The molecule has 1 aliphatic heterocycles. The summed E-state index contributed by atoms with van der Waals surface area (Å²) in [6, 6.07) is 8.23. The largest absolute Gasteiger partial charge is 0.496 e. The van der Waals surface area contributed by atoms with Gasteiger partial charge < -0.3 is 14.4 Å². The number of aryl methyl sites for hydroxylation is 2.